The highest BCUT2D eigenvalue weighted by atomic mass is 19.1. The van der Waals surface area contributed by atoms with E-state index >= 15 is 8.78 Å². The van der Waals surface area contributed by atoms with E-state index in [0.717, 1.165) is 18.2 Å². The minimum Gasteiger partial charge on any atom is -0.478 e. The summed E-state index contributed by atoms with van der Waals surface area (Å²) in [5, 5.41) is 18.4. The third-order valence-electron chi connectivity index (χ3n) is 7.16. The Morgan fingerprint density at radius 3 is 2.49 bits per heavy atom. The lowest BCUT2D eigenvalue weighted by Crippen LogP contribution is -2.09. The van der Waals surface area contributed by atoms with Gasteiger partial charge in [-0.15, -0.1) is 0 Å². The average Bonchev–Trinajstić information content (AvgIpc) is 3.38. The molecule has 0 aliphatic carbocycles. The highest BCUT2D eigenvalue weighted by Crippen LogP contribution is 2.28. The van der Waals surface area contributed by atoms with Gasteiger partial charge < -0.3 is 14.4 Å². The lowest BCUT2D eigenvalue weighted by molar-refractivity contribution is 0.0697. The number of carboxylic acids is 1. The standard InChI is InChI=1S/C34H22F3N5O3/c35-26-12-20(17-38)7-8-22(26)19-45-33-6-3-5-29(41-33)25-16-27(36)23(13-28(25)37)15-32-40-30-10-9-21(34(43)44)14-31(30)42(32)18-24-4-1-2-11-39-24/h1-14,16H,15,18-19H2,(H,43,44). The van der Waals surface area contributed by atoms with Gasteiger partial charge in [0.25, 0.3) is 0 Å². The molecule has 0 aliphatic heterocycles. The SMILES string of the molecule is N#Cc1ccc(COc2cccc(-c3cc(F)c(Cc4nc5ccc(C(=O)O)cc5n4Cc4ccccn4)cc3F)n2)c(F)c1. The third kappa shape index (κ3) is 6.21. The van der Waals surface area contributed by atoms with Crippen LogP contribution in [0.1, 0.15) is 38.6 Å². The van der Waals surface area contributed by atoms with Crippen LogP contribution >= 0.6 is 0 Å². The van der Waals surface area contributed by atoms with Crippen LogP contribution < -0.4 is 4.74 Å². The van der Waals surface area contributed by atoms with Crippen molar-refractivity contribution in [3.63, 3.8) is 0 Å². The summed E-state index contributed by atoms with van der Waals surface area (Å²) in [6, 6.07) is 22.4. The zero-order valence-electron chi connectivity index (χ0n) is 23.4. The number of halogens is 3. The van der Waals surface area contributed by atoms with Crippen LogP contribution in [0.4, 0.5) is 13.2 Å². The van der Waals surface area contributed by atoms with Crippen LogP contribution in [0.2, 0.25) is 0 Å². The van der Waals surface area contributed by atoms with Crippen LogP contribution in [0.25, 0.3) is 22.3 Å². The number of nitriles is 1. The minimum absolute atomic E-state index is 0.0379. The first-order chi connectivity index (χ1) is 21.8. The number of aromatic nitrogens is 4. The van der Waals surface area contributed by atoms with Crippen molar-refractivity contribution in [3.05, 3.63) is 142 Å². The van der Waals surface area contributed by atoms with Crippen molar-refractivity contribution in [3.8, 4) is 23.2 Å². The monoisotopic (exact) mass is 605 g/mol. The molecule has 45 heavy (non-hydrogen) atoms. The van der Waals surface area contributed by atoms with Crippen molar-refractivity contribution in [2.45, 2.75) is 19.6 Å². The van der Waals surface area contributed by atoms with Crippen LogP contribution in [0.5, 0.6) is 5.88 Å². The van der Waals surface area contributed by atoms with Gasteiger partial charge in [-0.2, -0.15) is 5.26 Å². The van der Waals surface area contributed by atoms with E-state index in [1.54, 1.807) is 35.0 Å². The first-order valence-electron chi connectivity index (χ1n) is 13.7. The number of imidazole rings is 1. The summed E-state index contributed by atoms with van der Waals surface area (Å²) < 4.78 is 52.6. The summed E-state index contributed by atoms with van der Waals surface area (Å²) in [5.41, 5.74) is 2.20. The van der Waals surface area contributed by atoms with Crippen molar-refractivity contribution in [1.82, 2.24) is 19.5 Å². The molecule has 0 unspecified atom stereocenters. The van der Waals surface area contributed by atoms with Gasteiger partial charge in [-0.25, -0.2) is 27.9 Å². The molecule has 1 N–H and O–H groups in total. The summed E-state index contributed by atoms with van der Waals surface area (Å²) >= 11 is 0. The predicted molar refractivity (Wildman–Crippen MR) is 158 cm³/mol. The summed E-state index contributed by atoms with van der Waals surface area (Å²) in [6.45, 7) is 0.0538. The molecule has 0 amide bonds. The molecule has 0 fully saturated rings. The topological polar surface area (TPSA) is 114 Å². The van der Waals surface area contributed by atoms with E-state index in [2.05, 4.69) is 15.0 Å². The normalized spacial score (nSPS) is 11.0. The predicted octanol–water partition coefficient (Wildman–Crippen LogP) is 6.70. The molecule has 0 bridgehead atoms. The third-order valence-corrected chi connectivity index (χ3v) is 7.16. The van der Waals surface area contributed by atoms with Gasteiger partial charge in [-0.1, -0.05) is 18.2 Å². The van der Waals surface area contributed by atoms with Gasteiger partial charge in [0.15, 0.2) is 0 Å². The van der Waals surface area contributed by atoms with Crippen LogP contribution in [-0.4, -0.2) is 30.6 Å². The van der Waals surface area contributed by atoms with E-state index in [-0.39, 0.29) is 59.0 Å². The fourth-order valence-electron chi connectivity index (χ4n) is 4.89. The average molecular weight is 606 g/mol. The number of aromatic carboxylic acids is 1. The van der Waals surface area contributed by atoms with Crippen LogP contribution in [-0.2, 0) is 19.6 Å². The molecule has 3 heterocycles. The van der Waals surface area contributed by atoms with E-state index in [9.17, 15) is 14.3 Å². The second-order valence-corrected chi connectivity index (χ2v) is 10.1. The number of benzene rings is 3. The summed E-state index contributed by atoms with van der Waals surface area (Å²) in [7, 11) is 0. The van der Waals surface area contributed by atoms with Gasteiger partial charge in [0.1, 0.15) is 29.9 Å². The molecule has 0 spiro atoms. The molecule has 0 aliphatic rings. The fourth-order valence-corrected chi connectivity index (χ4v) is 4.89. The number of hydrogen-bond acceptors (Lipinski definition) is 6. The number of fused-ring (bicyclic) bond motifs is 1. The number of rotatable bonds is 9. The Morgan fingerprint density at radius 2 is 1.73 bits per heavy atom. The van der Waals surface area contributed by atoms with Gasteiger partial charge in [0, 0.05) is 29.8 Å². The smallest absolute Gasteiger partial charge is 0.335 e. The highest BCUT2D eigenvalue weighted by Gasteiger charge is 2.19. The molecule has 6 rings (SSSR count). The lowest BCUT2D eigenvalue weighted by atomic mass is 10.0. The second-order valence-electron chi connectivity index (χ2n) is 10.1. The number of ether oxygens (including phenoxy) is 1. The second kappa shape index (κ2) is 12.3. The Balaban J connectivity index is 1.29. The number of carboxylic acid groups (broad SMARTS) is 1. The van der Waals surface area contributed by atoms with Crippen molar-refractivity contribution in [2.75, 3.05) is 0 Å². The Morgan fingerprint density at radius 1 is 0.889 bits per heavy atom. The first kappa shape index (κ1) is 29.1. The minimum atomic E-state index is -1.10. The zero-order chi connectivity index (χ0) is 31.5. The van der Waals surface area contributed by atoms with Crippen LogP contribution in [0.3, 0.4) is 0 Å². The summed E-state index contributed by atoms with van der Waals surface area (Å²) in [6.07, 6.45) is 1.55. The Kier molecular flexibility index (Phi) is 7.95. The van der Waals surface area contributed by atoms with Crippen molar-refractivity contribution >= 4 is 17.0 Å². The van der Waals surface area contributed by atoms with Crippen LogP contribution in [0, 0.1) is 28.8 Å². The Labute approximate surface area is 254 Å². The molecular weight excluding hydrogens is 583 g/mol. The molecular formula is C34H22F3N5O3. The molecule has 8 nitrogen and oxygen atoms in total. The quantitative estimate of drug-likeness (QED) is 0.195. The lowest BCUT2D eigenvalue weighted by Gasteiger charge is -2.12. The van der Waals surface area contributed by atoms with E-state index < -0.39 is 23.4 Å². The number of hydrogen-bond donors (Lipinski definition) is 1. The van der Waals surface area contributed by atoms with Gasteiger partial charge in [-0.05, 0) is 66.2 Å². The summed E-state index contributed by atoms with van der Waals surface area (Å²) in [4.78, 5) is 24.9. The molecule has 222 valence electrons. The molecule has 0 atom stereocenters. The zero-order valence-corrected chi connectivity index (χ0v) is 23.4. The largest absolute Gasteiger partial charge is 0.478 e. The van der Waals surface area contributed by atoms with E-state index in [4.69, 9.17) is 10.00 Å². The molecule has 3 aromatic carbocycles. The van der Waals surface area contributed by atoms with E-state index in [1.165, 1.54) is 36.4 Å². The number of pyridine rings is 2. The van der Waals surface area contributed by atoms with Gasteiger partial charge >= 0.3 is 5.97 Å². The van der Waals surface area contributed by atoms with Gasteiger partial charge in [0.2, 0.25) is 5.88 Å². The Hall–Kier alpha value is -6.02. The molecule has 6 aromatic rings. The Bertz CT molecular complexity index is 2110. The number of nitrogens with zero attached hydrogens (tertiary/aromatic N) is 5. The van der Waals surface area contributed by atoms with Crippen LogP contribution in [0.15, 0.2) is 91.1 Å². The molecule has 11 heteroatoms. The first-order valence-corrected chi connectivity index (χ1v) is 13.7. The van der Waals surface area contributed by atoms with Gasteiger partial charge in [-0.3, -0.25) is 4.98 Å². The maximum Gasteiger partial charge on any atom is 0.335 e. The molecule has 0 radical (unpaired) electrons. The molecule has 0 saturated heterocycles. The van der Waals surface area contributed by atoms with Gasteiger partial charge in [0.05, 0.1) is 46.2 Å². The summed E-state index contributed by atoms with van der Waals surface area (Å²) in [5.74, 6) is -2.66. The van der Waals surface area contributed by atoms with Crippen molar-refractivity contribution in [2.24, 2.45) is 0 Å². The number of carbonyl (C=O) groups is 1. The van der Waals surface area contributed by atoms with Crippen molar-refractivity contribution in [1.29, 1.82) is 5.26 Å². The maximum absolute atomic E-state index is 15.5. The van der Waals surface area contributed by atoms with Crippen molar-refractivity contribution < 1.29 is 27.8 Å². The molecule has 0 saturated carbocycles. The molecule has 3 aromatic heterocycles. The fraction of sp³-hybridized carbons (Fsp3) is 0.0882. The van der Waals surface area contributed by atoms with E-state index in [0.29, 0.717) is 22.6 Å². The van der Waals surface area contributed by atoms with E-state index in [1.807, 2.05) is 12.1 Å². The highest BCUT2D eigenvalue weighted by molar-refractivity contribution is 5.92. The maximum atomic E-state index is 15.5.